The first-order valence-electron chi connectivity index (χ1n) is 6.63. The predicted molar refractivity (Wildman–Crippen MR) is 72.1 cm³/mol. The van der Waals surface area contributed by atoms with E-state index in [1.54, 1.807) is 6.20 Å². The van der Waals surface area contributed by atoms with Crippen molar-refractivity contribution in [2.45, 2.75) is 32.6 Å². The van der Waals surface area contributed by atoms with E-state index in [1.807, 2.05) is 19.1 Å². The molecule has 0 radical (unpaired) electrons. The summed E-state index contributed by atoms with van der Waals surface area (Å²) in [5.41, 5.74) is 6.66. The molecular formula is C14H21N3O. The minimum atomic E-state index is 0.104. The highest BCUT2D eigenvalue weighted by Gasteiger charge is 2.25. The molecule has 0 atom stereocenters. The number of rotatable bonds is 3. The van der Waals surface area contributed by atoms with Crippen molar-refractivity contribution in [2.24, 2.45) is 17.6 Å². The number of anilines is 1. The Kier molecular flexibility index (Phi) is 4.31. The second-order valence-electron chi connectivity index (χ2n) is 5.11. The van der Waals surface area contributed by atoms with E-state index in [9.17, 15) is 4.79 Å². The molecular weight excluding hydrogens is 226 g/mol. The zero-order valence-electron chi connectivity index (χ0n) is 10.9. The van der Waals surface area contributed by atoms with Gasteiger partial charge in [0, 0.05) is 12.1 Å². The second-order valence-corrected chi connectivity index (χ2v) is 5.11. The van der Waals surface area contributed by atoms with E-state index in [0.29, 0.717) is 11.7 Å². The van der Waals surface area contributed by atoms with Crippen LogP contribution in [-0.2, 0) is 4.79 Å². The number of nitrogens with zero attached hydrogens (tertiary/aromatic N) is 1. The number of carbonyl (C=O) groups is 1. The zero-order chi connectivity index (χ0) is 13.0. The van der Waals surface area contributed by atoms with Gasteiger partial charge in [0.25, 0.3) is 0 Å². The average molecular weight is 247 g/mol. The van der Waals surface area contributed by atoms with Crippen molar-refractivity contribution in [3.63, 3.8) is 0 Å². The third kappa shape index (κ3) is 3.07. The largest absolute Gasteiger partial charge is 0.330 e. The predicted octanol–water partition coefficient (Wildman–Crippen LogP) is 2.09. The summed E-state index contributed by atoms with van der Waals surface area (Å²) in [4.78, 5) is 16.3. The highest BCUT2D eigenvalue weighted by molar-refractivity contribution is 5.92. The Labute approximate surface area is 108 Å². The maximum atomic E-state index is 12.1. The van der Waals surface area contributed by atoms with Crippen LogP contribution in [0.5, 0.6) is 0 Å². The maximum absolute atomic E-state index is 12.1. The number of hydrogen-bond acceptors (Lipinski definition) is 3. The van der Waals surface area contributed by atoms with E-state index in [2.05, 4.69) is 10.3 Å². The molecule has 3 N–H and O–H groups in total. The topological polar surface area (TPSA) is 68.0 Å². The molecule has 0 bridgehead atoms. The number of amides is 1. The Bertz CT molecular complexity index is 411. The summed E-state index contributed by atoms with van der Waals surface area (Å²) in [7, 11) is 0. The van der Waals surface area contributed by atoms with Gasteiger partial charge in [-0.15, -0.1) is 0 Å². The molecule has 0 saturated heterocycles. The summed E-state index contributed by atoms with van der Waals surface area (Å²) in [6.07, 6.45) is 5.72. The van der Waals surface area contributed by atoms with Crippen molar-refractivity contribution in [1.82, 2.24) is 4.98 Å². The van der Waals surface area contributed by atoms with Crippen molar-refractivity contribution in [1.29, 1.82) is 0 Å². The molecule has 1 aromatic rings. The van der Waals surface area contributed by atoms with Gasteiger partial charge in [0.05, 0.1) is 0 Å². The van der Waals surface area contributed by atoms with Crippen LogP contribution in [0.25, 0.3) is 0 Å². The van der Waals surface area contributed by atoms with Gasteiger partial charge in [-0.05, 0) is 56.7 Å². The number of aromatic nitrogens is 1. The fourth-order valence-electron chi connectivity index (χ4n) is 2.50. The molecule has 0 spiro atoms. The van der Waals surface area contributed by atoms with Gasteiger partial charge in [-0.2, -0.15) is 0 Å². The smallest absolute Gasteiger partial charge is 0.228 e. The number of hydrogen-bond donors (Lipinski definition) is 2. The molecule has 2 rings (SSSR count). The normalized spacial score (nSPS) is 23.7. The van der Waals surface area contributed by atoms with Crippen LogP contribution in [0.2, 0.25) is 0 Å². The van der Waals surface area contributed by atoms with E-state index in [1.165, 1.54) is 0 Å². The summed E-state index contributed by atoms with van der Waals surface area (Å²) in [5.74, 6) is 1.51. The molecule has 1 saturated carbocycles. The summed E-state index contributed by atoms with van der Waals surface area (Å²) in [5, 5.41) is 2.93. The molecule has 0 aliphatic heterocycles. The van der Waals surface area contributed by atoms with E-state index >= 15 is 0 Å². The van der Waals surface area contributed by atoms with Crippen molar-refractivity contribution in [3.05, 3.63) is 23.9 Å². The Hall–Kier alpha value is -1.42. The van der Waals surface area contributed by atoms with Crippen molar-refractivity contribution in [3.8, 4) is 0 Å². The van der Waals surface area contributed by atoms with Gasteiger partial charge < -0.3 is 11.1 Å². The van der Waals surface area contributed by atoms with Crippen LogP contribution in [0.3, 0.4) is 0 Å². The highest BCUT2D eigenvalue weighted by atomic mass is 16.1. The van der Waals surface area contributed by atoms with Crippen LogP contribution in [0, 0.1) is 18.8 Å². The van der Waals surface area contributed by atoms with E-state index in [4.69, 9.17) is 5.73 Å². The SMILES string of the molecule is Cc1cccnc1NC(=O)C1CCC(CN)CC1. The third-order valence-electron chi connectivity index (χ3n) is 3.80. The number of nitrogens with two attached hydrogens (primary N) is 1. The molecule has 4 heteroatoms. The van der Waals surface area contributed by atoms with Gasteiger partial charge in [-0.25, -0.2) is 4.98 Å². The van der Waals surface area contributed by atoms with Gasteiger partial charge in [-0.3, -0.25) is 4.79 Å². The lowest BCUT2D eigenvalue weighted by molar-refractivity contribution is -0.121. The molecule has 0 unspecified atom stereocenters. The molecule has 1 aromatic heterocycles. The Balaban J connectivity index is 1.91. The Morgan fingerprint density at radius 3 is 2.78 bits per heavy atom. The van der Waals surface area contributed by atoms with Crippen LogP contribution in [0.15, 0.2) is 18.3 Å². The van der Waals surface area contributed by atoms with Gasteiger partial charge in [-0.1, -0.05) is 6.07 Å². The number of carbonyl (C=O) groups excluding carboxylic acids is 1. The molecule has 1 amide bonds. The quantitative estimate of drug-likeness (QED) is 0.859. The minimum Gasteiger partial charge on any atom is -0.330 e. The van der Waals surface area contributed by atoms with Crippen LogP contribution < -0.4 is 11.1 Å². The van der Waals surface area contributed by atoms with Gasteiger partial charge >= 0.3 is 0 Å². The highest BCUT2D eigenvalue weighted by Crippen LogP contribution is 2.29. The first-order valence-corrected chi connectivity index (χ1v) is 6.63. The Morgan fingerprint density at radius 2 is 2.17 bits per heavy atom. The van der Waals surface area contributed by atoms with Crippen molar-refractivity contribution >= 4 is 11.7 Å². The van der Waals surface area contributed by atoms with Crippen LogP contribution in [0.4, 0.5) is 5.82 Å². The lowest BCUT2D eigenvalue weighted by Crippen LogP contribution is -2.29. The van der Waals surface area contributed by atoms with E-state index in [0.717, 1.165) is 37.8 Å². The summed E-state index contributed by atoms with van der Waals surface area (Å²) in [6.45, 7) is 2.70. The summed E-state index contributed by atoms with van der Waals surface area (Å²) < 4.78 is 0. The van der Waals surface area contributed by atoms with Gasteiger partial charge in [0.2, 0.25) is 5.91 Å². The maximum Gasteiger partial charge on any atom is 0.228 e. The molecule has 1 aliphatic carbocycles. The number of nitrogens with one attached hydrogen (secondary N) is 1. The number of pyridine rings is 1. The fraction of sp³-hybridized carbons (Fsp3) is 0.571. The molecule has 98 valence electrons. The molecule has 4 nitrogen and oxygen atoms in total. The Morgan fingerprint density at radius 1 is 1.44 bits per heavy atom. The average Bonchev–Trinajstić information content (AvgIpc) is 2.41. The standard InChI is InChI=1S/C14H21N3O/c1-10-3-2-8-16-13(10)17-14(18)12-6-4-11(9-15)5-7-12/h2-3,8,11-12H,4-7,9,15H2,1H3,(H,16,17,18). The second kappa shape index (κ2) is 5.96. The number of aryl methyl sites for hydroxylation is 1. The molecule has 1 heterocycles. The third-order valence-corrected chi connectivity index (χ3v) is 3.80. The minimum absolute atomic E-state index is 0.104. The van der Waals surface area contributed by atoms with Crippen molar-refractivity contribution < 1.29 is 4.79 Å². The lowest BCUT2D eigenvalue weighted by atomic mass is 9.81. The van der Waals surface area contributed by atoms with Crippen LogP contribution in [0.1, 0.15) is 31.2 Å². The molecule has 1 fully saturated rings. The van der Waals surface area contributed by atoms with Gasteiger partial charge in [0.1, 0.15) is 5.82 Å². The first-order chi connectivity index (χ1) is 8.70. The van der Waals surface area contributed by atoms with Gasteiger partial charge in [0.15, 0.2) is 0 Å². The zero-order valence-corrected chi connectivity index (χ0v) is 10.9. The monoisotopic (exact) mass is 247 g/mol. The summed E-state index contributed by atoms with van der Waals surface area (Å²) in [6, 6.07) is 3.82. The van der Waals surface area contributed by atoms with Crippen LogP contribution >= 0.6 is 0 Å². The molecule has 18 heavy (non-hydrogen) atoms. The lowest BCUT2D eigenvalue weighted by Gasteiger charge is -2.26. The van der Waals surface area contributed by atoms with Crippen molar-refractivity contribution in [2.75, 3.05) is 11.9 Å². The molecule has 0 aromatic carbocycles. The molecule has 1 aliphatic rings. The fourth-order valence-corrected chi connectivity index (χ4v) is 2.50. The van der Waals surface area contributed by atoms with E-state index < -0.39 is 0 Å². The van der Waals surface area contributed by atoms with E-state index in [-0.39, 0.29) is 11.8 Å². The van der Waals surface area contributed by atoms with Crippen LogP contribution in [-0.4, -0.2) is 17.4 Å². The first kappa shape index (κ1) is 13.0. The summed E-state index contributed by atoms with van der Waals surface area (Å²) >= 11 is 0.